The van der Waals surface area contributed by atoms with Crippen molar-refractivity contribution in [3.05, 3.63) is 23.5 Å². The average molecular weight is 290 g/mol. The van der Waals surface area contributed by atoms with Gasteiger partial charge in [-0.1, -0.05) is 0 Å². The molecule has 0 aliphatic rings. The molecule has 0 aromatic heterocycles. The topological polar surface area (TPSA) is 72.6 Å². The molecule has 108 valence electrons. The first kappa shape index (κ1) is 15.9. The molecule has 0 saturated carbocycles. The molecule has 0 amide bonds. The highest BCUT2D eigenvalue weighted by molar-refractivity contribution is 7.89. The van der Waals surface area contributed by atoms with Crippen LogP contribution < -0.4 is 5.73 Å². The number of hydrogen-bond acceptors (Lipinski definition) is 4. The Morgan fingerprint density at radius 2 is 2.05 bits per heavy atom. The Bertz CT molecular complexity index is 560. The largest absolute Gasteiger partial charge is 0.399 e. The van der Waals surface area contributed by atoms with Crippen LogP contribution in [0.2, 0.25) is 0 Å². The van der Waals surface area contributed by atoms with Gasteiger partial charge in [-0.15, -0.1) is 0 Å². The van der Waals surface area contributed by atoms with E-state index in [4.69, 9.17) is 10.5 Å². The zero-order valence-electron chi connectivity index (χ0n) is 11.5. The summed E-state index contributed by atoms with van der Waals surface area (Å²) >= 11 is 0. The summed E-state index contributed by atoms with van der Waals surface area (Å²) in [6.07, 6.45) is 0. The molecule has 2 N–H and O–H groups in total. The van der Waals surface area contributed by atoms with Crippen LogP contribution in [0.1, 0.15) is 12.5 Å². The van der Waals surface area contributed by atoms with E-state index in [9.17, 15) is 12.8 Å². The van der Waals surface area contributed by atoms with E-state index in [1.807, 2.05) is 0 Å². The van der Waals surface area contributed by atoms with Crippen LogP contribution in [0.3, 0.4) is 0 Å². The van der Waals surface area contributed by atoms with E-state index in [0.717, 1.165) is 10.4 Å². The molecule has 1 aromatic rings. The monoisotopic (exact) mass is 290 g/mol. The van der Waals surface area contributed by atoms with Crippen molar-refractivity contribution in [1.29, 1.82) is 0 Å². The second-order valence-corrected chi connectivity index (χ2v) is 6.44. The van der Waals surface area contributed by atoms with Gasteiger partial charge in [0.1, 0.15) is 10.7 Å². The third-order valence-electron chi connectivity index (χ3n) is 2.93. The van der Waals surface area contributed by atoms with Crippen LogP contribution in [-0.4, -0.2) is 39.5 Å². The third-order valence-corrected chi connectivity index (χ3v) is 4.90. The van der Waals surface area contributed by atoms with E-state index in [2.05, 4.69) is 0 Å². The number of nitrogens with two attached hydrogens (primary N) is 1. The molecule has 19 heavy (non-hydrogen) atoms. The van der Waals surface area contributed by atoms with Gasteiger partial charge in [-0.05, 0) is 31.5 Å². The van der Waals surface area contributed by atoms with Crippen LogP contribution in [0.15, 0.2) is 17.0 Å². The minimum absolute atomic E-state index is 0.200. The molecule has 0 saturated heterocycles. The summed E-state index contributed by atoms with van der Waals surface area (Å²) in [5.41, 5.74) is 6.00. The molecular weight excluding hydrogens is 271 g/mol. The number of sulfonamides is 1. The number of methoxy groups -OCH3 is 1. The van der Waals surface area contributed by atoms with Crippen molar-refractivity contribution in [1.82, 2.24) is 4.31 Å². The molecule has 1 atom stereocenters. The van der Waals surface area contributed by atoms with Gasteiger partial charge in [0.15, 0.2) is 0 Å². The van der Waals surface area contributed by atoms with Crippen LogP contribution >= 0.6 is 0 Å². The van der Waals surface area contributed by atoms with E-state index in [0.29, 0.717) is 0 Å². The SMILES string of the molecule is COCC(C)N(C)S(=O)(=O)c1cc(N)cc(C)c1F. The van der Waals surface area contributed by atoms with Gasteiger partial charge in [0.2, 0.25) is 10.0 Å². The average Bonchev–Trinajstić information content (AvgIpc) is 2.32. The summed E-state index contributed by atoms with van der Waals surface area (Å²) in [6.45, 7) is 3.38. The highest BCUT2D eigenvalue weighted by Gasteiger charge is 2.29. The number of aryl methyl sites for hydroxylation is 1. The van der Waals surface area contributed by atoms with Crippen molar-refractivity contribution in [2.24, 2.45) is 0 Å². The van der Waals surface area contributed by atoms with Gasteiger partial charge in [-0.2, -0.15) is 4.31 Å². The first-order valence-corrected chi connectivity index (χ1v) is 7.18. The highest BCUT2D eigenvalue weighted by atomic mass is 32.2. The van der Waals surface area contributed by atoms with Crippen molar-refractivity contribution < 1.29 is 17.5 Å². The van der Waals surface area contributed by atoms with E-state index in [1.165, 1.54) is 27.1 Å². The molecule has 0 aliphatic carbocycles. The van der Waals surface area contributed by atoms with E-state index < -0.39 is 26.8 Å². The summed E-state index contributed by atoms with van der Waals surface area (Å²) in [4.78, 5) is -0.407. The maximum Gasteiger partial charge on any atom is 0.246 e. The highest BCUT2D eigenvalue weighted by Crippen LogP contribution is 2.25. The summed E-state index contributed by atoms with van der Waals surface area (Å²) in [6, 6.07) is 2.12. The summed E-state index contributed by atoms with van der Waals surface area (Å²) in [5.74, 6) is -0.773. The van der Waals surface area contributed by atoms with Crippen LogP contribution in [0.5, 0.6) is 0 Å². The Hall–Kier alpha value is -1.18. The fourth-order valence-electron chi connectivity index (χ4n) is 1.69. The molecule has 0 aliphatic heterocycles. The van der Waals surface area contributed by atoms with Crippen LogP contribution in [0, 0.1) is 12.7 Å². The number of ether oxygens (including phenoxy) is 1. The molecule has 0 fully saturated rings. The second kappa shape index (κ2) is 5.85. The first-order chi connectivity index (χ1) is 8.71. The van der Waals surface area contributed by atoms with Crippen molar-refractivity contribution in [2.45, 2.75) is 24.8 Å². The quantitative estimate of drug-likeness (QED) is 0.831. The number of benzene rings is 1. The van der Waals surface area contributed by atoms with Crippen molar-refractivity contribution in [3.8, 4) is 0 Å². The normalized spacial score (nSPS) is 13.8. The lowest BCUT2D eigenvalue weighted by Crippen LogP contribution is -2.38. The van der Waals surface area contributed by atoms with Crippen LogP contribution in [0.25, 0.3) is 0 Å². The number of hydrogen-bond donors (Lipinski definition) is 1. The van der Waals surface area contributed by atoms with E-state index >= 15 is 0 Å². The van der Waals surface area contributed by atoms with Gasteiger partial charge < -0.3 is 10.5 Å². The molecule has 7 heteroatoms. The molecule has 0 spiro atoms. The number of nitrogens with zero attached hydrogens (tertiary/aromatic N) is 1. The van der Waals surface area contributed by atoms with Crippen molar-refractivity contribution in [3.63, 3.8) is 0 Å². The van der Waals surface area contributed by atoms with Crippen molar-refractivity contribution in [2.75, 3.05) is 26.5 Å². The van der Waals surface area contributed by atoms with Gasteiger partial charge in [-0.25, -0.2) is 12.8 Å². The molecule has 0 heterocycles. The lowest BCUT2D eigenvalue weighted by molar-refractivity contribution is 0.149. The number of halogens is 1. The predicted octanol–water partition coefficient (Wildman–Crippen LogP) is 1.37. The van der Waals surface area contributed by atoms with Gasteiger partial charge in [0, 0.05) is 25.9 Å². The Morgan fingerprint density at radius 3 is 2.58 bits per heavy atom. The Morgan fingerprint density at radius 1 is 1.47 bits per heavy atom. The minimum atomic E-state index is -3.94. The van der Waals surface area contributed by atoms with E-state index in [-0.39, 0.29) is 17.9 Å². The maximum absolute atomic E-state index is 14.0. The lowest BCUT2D eigenvalue weighted by Gasteiger charge is -2.24. The predicted molar refractivity (Wildman–Crippen MR) is 71.8 cm³/mol. The fourth-order valence-corrected chi connectivity index (χ4v) is 3.21. The molecule has 5 nitrogen and oxygen atoms in total. The molecule has 0 bridgehead atoms. The molecule has 1 rings (SSSR count). The van der Waals surface area contributed by atoms with Gasteiger partial charge in [0.25, 0.3) is 0 Å². The number of nitrogen functional groups attached to an aromatic ring is 1. The zero-order chi connectivity index (χ0) is 14.8. The third kappa shape index (κ3) is 3.23. The minimum Gasteiger partial charge on any atom is -0.399 e. The van der Waals surface area contributed by atoms with Crippen LogP contribution in [0.4, 0.5) is 10.1 Å². The van der Waals surface area contributed by atoms with Crippen LogP contribution in [-0.2, 0) is 14.8 Å². The molecule has 1 unspecified atom stereocenters. The second-order valence-electron chi connectivity index (χ2n) is 4.48. The molecule has 0 radical (unpaired) electrons. The van der Waals surface area contributed by atoms with E-state index in [1.54, 1.807) is 6.92 Å². The number of likely N-dealkylation sites (N-methyl/N-ethyl adjacent to an activating group) is 1. The summed E-state index contributed by atoms with van der Waals surface area (Å²) in [7, 11) is -1.08. The van der Waals surface area contributed by atoms with Gasteiger partial charge in [-0.3, -0.25) is 0 Å². The number of anilines is 1. The Balaban J connectivity index is 3.28. The first-order valence-electron chi connectivity index (χ1n) is 5.74. The van der Waals surface area contributed by atoms with Gasteiger partial charge in [0.05, 0.1) is 6.61 Å². The number of rotatable bonds is 5. The maximum atomic E-state index is 14.0. The molecule has 1 aromatic carbocycles. The summed E-state index contributed by atoms with van der Waals surface area (Å²) < 4.78 is 44.7. The summed E-state index contributed by atoms with van der Waals surface area (Å²) in [5, 5.41) is 0. The smallest absolute Gasteiger partial charge is 0.246 e. The Kier molecular flexibility index (Phi) is 4.89. The molecular formula is C12H19FN2O3S. The lowest BCUT2D eigenvalue weighted by atomic mass is 10.2. The Labute approximate surface area is 113 Å². The van der Waals surface area contributed by atoms with Gasteiger partial charge >= 0.3 is 0 Å². The van der Waals surface area contributed by atoms with Crippen molar-refractivity contribution >= 4 is 15.7 Å². The zero-order valence-corrected chi connectivity index (χ0v) is 12.3. The standard InChI is InChI=1S/C12H19FN2O3S/c1-8-5-10(14)6-11(12(8)13)19(16,17)15(3)9(2)7-18-4/h5-6,9H,7,14H2,1-4H3. The fraction of sp³-hybridized carbons (Fsp3) is 0.500.